The van der Waals surface area contributed by atoms with Crippen LogP contribution in [0.5, 0.6) is 0 Å². The summed E-state index contributed by atoms with van der Waals surface area (Å²) in [6, 6.07) is 0. The van der Waals surface area contributed by atoms with Crippen molar-refractivity contribution in [2.24, 2.45) is 5.92 Å². The van der Waals surface area contributed by atoms with Crippen LogP contribution in [0.15, 0.2) is 36.0 Å². The van der Waals surface area contributed by atoms with Crippen LogP contribution in [0.3, 0.4) is 0 Å². The lowest BCUT2D eigenvalue weighted by Gasteiger charge is -2.08. The van der Waals surface area contributed by atoms with E-state index in [1.54, 1.807) is 0 Å². The van der Waals surface area contributed by atoms with Crippen LogP contribution in [0.25, 0.3) is 0 Å². The number of unbranched alkanes of at least 4 members (excludes halogenated alkanes) is 8. The fourth-order valence-electron chi connectivity index (χ4n) is 2.86. The first kappa shape index (κ1) is 23.2. The summed E-state index contributed by atoms with van der Waals surface area (Å²) >= 11 is 0. The summed E-state index contributed by atoms with van der Waals surface area (Å²) in [7, 11) is 0. The minimum absolute atomic E-state index is 0.814. The summed E-state index contributed by atoms with van der Waals surface area (Å²) in [5.74, 6) is 0.814. The van der Waals surface area contributed by atoms with Crippen LogP contribution in [-0.2, 0) is 0 Å². The molecule has 0 saturated heterocycles. The van der Waals surface area contributed by atoms with Gasteiger partial charge in [0.25, 0.3) is 0 Å². The van der Waals surface area contributed by atoms with Crippen LogP contribution in [0.4, 0.5) is 0 Å². The minimum Gasteiger partial charge on any atom is -0.0840 e. The summed E-state index contributed by atoms with van der Waals surface area (Å²) in [4.78, 5) is 0. The summed E-state index contributed by atoms with van der Waals surface area (Å²) in [6.07, 6.45) is 29.1. The molecule has 0 aliphatic carbocycles. The van der Waals surface area contributed by atoms with E-state index in [0.29, 0.717) is 0 Å². The van der Waals surface area contributed by atoms with Crippen molar-refractivity contribution in [2.45, 2.75) is 111 Å². The molecule has 0 aromatic rings. The first-order valence-electron chi connectivity index (χ1n) is 10.8. The largest absolute Gasteiger partial charge is 0.0840 e. The van der Waals surface area contributed by atoms with E-state index >= 15 is 0 Å². The molecule has 0 fully saturated rings. The quantitative estimate of drug-likeness (QED) is 0.196. The Labute approximate surface area is 153 Å². The molecule has 0 spiro atoms. The first-order chi connectivity index (χ1) is 11.7. The second-order valence-corrected chi connectivity index (χ2v) is 7.34. The molecule has 0 aromatic heterocycles. The Hall–Kier alpha value is -0.780. The molecule has 0 N–H and O–H groups in total. The van der Waals surface area contributed by atoms with E-state index in [1.165, 1.54) is 89.0 Å². The average molecular weight is 333 g/mol. The molecule has 0 aliphatic rings. The minimum atomic E-state index is 0.814. The van der Waals surface area contributed by atoms with E-state index in [0.717, 1.165) is 5.92 Å². The van der Waals surface area contributed by atoms with Gasteiger partial charge in [0.05, 0.1) is 0 Å². The third-order valence-corrected chi connectivity index (χ3v) is 4.61. The van der Waals surface area contributed by atoms with Gasteiger partial charge in [0.15, 0.2) is 0 Å². The SMILES string of the molecule is CCCC=CC(C=CCCCCCC)=CCC(C)CCCCCC. The van der Waals surface area contributed by atoms with Gasteiger partial charge in [-0.2, -0.15) is 0 Å². The highest BCUT2D eigenvalue weighted by molar-refractivity contribution is 5.30. The smallest absolute Gasteiger partial charge is 0.0303 e. The standard InChI is InChI=1S/C24H44/c1-5-8-11-13-14-17-20-24(19-15-10-7-3)22-21-23(4)18-16-12-9-6-2/h15,17,19-20,22-23H,5-14,16,18,21H2,1-4H3. The van der Waals surface area contributed by atoms with Crippen LogP contribution >= 0.6 is 0 Å². The van der Waals surface area contributed by atoms with Gasteiger partial charge in [-0.3, -0.25) is 0 Å². The second-order valence-electron chi connectivity index (χ2n) is 7.34. The molecular weight excluding hydrogens is 288 g/mol. The Balaban J connectivity index is 4.28. The summed E-state index contributed by atoms with van der Waals surface area (Å²) in [5.41, 5.74) is 1.42. The van der Waals surface area contributed by atoms with Crippen molar-refractivity contribution >= 4 is 0 Å². The van der Waals surface area contributed by atoms with Crippen molar-refractivity contribution in [1.29, 1.82) is 0 Å². The van der Waals surface area contributed by atoms with Crippen molar-refractivity contribution in [3.05, 3.63) is 36.0 Å². The number of rotatable bonds is 16. The van der Waals surface area contributed by atoms with Gasteiger partial charge in [-0.15, -0.1) is 0 Å². The third-order valence-electron chi connectivity index (χ3n) is 4.61. The van der Waals surface area contributed by atoms with Gasteiger partial charge in [0.2, 0.25) is 0 Å². The van der Waals surface area contributed by atoms with Gasteiger partial charge in [-0.25, -0.2) is 0 Å². The van der Waals surface area contributed by atoms with E-state index in [-0.39, 0.29) is 0 Å². The Kier molecular flexibility index (Phi) is 18.0. The molecule has 0 aliphatic heterocycles. The monoisotopic (exact) mass is 332 g/mol. The Morgan fingerprint density at radius 3 is 1.96 bits per heavy atom. The van der Waals surface area contributed by atoms with Crippen LogP contribution in [-0.4, -0.2) is 0 Å². The van der Waals surface area contributed by atoms with E-state index in [4.69, 9.17) is 0 Å². The molecular formula is C24H44. The Morgan fingerprint density at radius 1 is 0.708 bits per heavy atom. The lowest BCUT2D eigenvalue weighted by Crippen LogP contribution is -1.93. The van der Waals surface area contributed by atoms with Gasteiger partial charge in [-0.1, -0.05) is 116 Å². The molecule has 0 saturated carbocycles. The van der Waals surface area contributed by atoms with Gasteiger partial charge in [0, 0.05) is 0 Å². The molecule has 0 rings (SSSR count). The van der Waals surface area contributed by atoms with Crippen LogP contribution in [0.1, 0.15) is 111 Å². The van der Waals surface area contributed by atoms with E-state index in [9.17, 15) is 0 Å². The zero-order chi connectivity index (χ0) is 17.9. The Bertz CT molecular complexity index is 332. The van der Waals surface area contributed by atoms with Crippen molar-refractivity contribution < 1.29 is 0 Å². The molecule has 0 heteroatoms. The maximum Gasteiger partial charge on any atom is -0.0303 e. The normalized spacial score (nSPS) is 14.1. The molecule has 0 bridgehead atoms. The fraction of sp³-hybridized carbons (Fsp3) is 0.750. The van der Waals surface area contributed by atoms with Gasteiger partial charge >= 0.3 is 0 Å². The van der Waals surface area contributed by atoms with Crippen LogP contribution in [0, 0.1) is 5.92 Å². The topological polar surface area (TPSA) is 0 Å². The highest BCUT2D eigenvalue weighted by Gasteiger charge is 2.00. The first-order valence-corrected chi connectivity index (χ1v) is 10.8. The molecule has 1 unspecified atom stereocenters. The molecule has 0 amide bonds. The molecule has 1 atom stereocenters. The van der Waals surface area contributed by atoms with E-state index in [2.05, 4.69) is 58.1 Å². The van der Waals surface area contributed by atoms with Crippen molar-refractivity contribution in [1.82, 2.24) is 0 Å². The summed E-state index contributed by atoms with van der Waals surface area (Å²) < 4.78 is 0. The lowest BCUT2D eigenvalue weighted by molar-refractivity contribution is 0.494. The van der Waals surface area contributed by atoms with Gasteiger partial charge in [-0.05, 0) is 37.2 Å². The molecule has 0 aromatic carbocycles. The molecule has 24 heavy (non-hydrogen) atoms. The summed E-state index contributed by atoms with van der Waals surface area (Å²) in [5, 5.41) is 0. The van der Waals surface area contributed by atoms with Crippen LogP contribution in [0.2, 0.25) is 0 Å². The third kappa shape index (κ3) is 16.1. The zero-order valence-corrected chi connectivity index (χ0v) is 17.2. The van der Waals surface area contributed by atoms with Crippen molar-refractivity contribution in [3.8, 4) is 0 Å². The zero-order valence-electron chi connectivity index (χ0n) is 17.2. The highest BCUT2D eigenvalue weighted by atomic mass is 14.1. The predicted molar refractivity (Wildman–Crippen MR) is 113 cm³/mol. The van der Waals surface area contributed by atoms with E-state index < -0.39 is 0 Å². The summed E-state index contributed by atoms with van der Waals surface area (Å²) in [6.45, 7) is 9.22. The Morgan fingerprint density at radius 2 is 1.33 bits per heavy atom. The fourth-order valence-corrected chi connectivity index (χ4v) is 2.86. The molecule has 0 nitrogen and oxygen atoms in total. The lowest BCUT2D eigenvalue weighted by atomic mass is 9.98. The van der Waals surface area contributed by atoms with Gasteiger partial charge in [0.1, 0.15) is 0 Å². The van der Waals surface area contributed by atoms with Gasteiger partial charge < -0.3 is 0 Å². The number of hydrogen-bond acceptors (Lipinski definition) is 0. The number of allylic oxidation sites excluding steroid dienone is 6. The molecule has 0 radical (unpaired) electrons. The maximum atomic E-state index is 2.46. The highest BCUT2D eigenvalue weighted by Crippen LogP contribution is 2.16. The second kappa shape index (κ2) is 18.6. The molecule has 140 valence electrons. The van der Waals surface area contributed by atoms with Crippen LogP contribution < -0.4 is 0 Å². The van der Waals surface area contributed by atoms with Crippen molar-refractivity contribution in [2.75, 3.05) is 0 Å². The maximum absolute atomic E-state index is 2.46. The predicted octanol–water partition coefficient (Wildman–Crippen LogP) is 8.79. The number of hydrogen-bond donors (Lipinski definition) is 0. The average Bonchev–Trinajstić information content (AvgIpc) is 2.59. The van der Waals surface area contributed by atoms with E-state index in [1.807, 2.05) is 0 Å². The molecule has 0 heterocycles. The van der Waals surface area contributed by atoms with Crippen molar-refractivity contribution in [3.63, 3.8) is 0 Å².